The molecular formula is C7H8S3. The van der Waals surface area contributed by atoms with Gasteiger partial charge in [0.05, 0.1) is 0 Å². The molecule has 1 heterocycles. The molecule has 0 radical (unpaired) electrons. The molecule has 0 atom stereocenters. The van der Waals surface area contributed by atoms with Gasteiger partial charge < -0.3 is 0 Å². The van der Waals surface area contributed by atoms with Crippen LogP contribution in [-0.2, 0) is 0 Å². The van der Waals surface area contributed by atoms with E-state index in [-0.39, 0.29) is 0 Å². The molecule has 1 aromatic rings. The molecule has 0 nitrogen and oxygen atoms in total. The Morgan fingerprint density at radius 3 is 2.70 bits per heavy atom. The summed E-state index contributed by atoms with van der Waals surface area (Å²) in [6.45, 7) is 2.08. The van der Waals surface area contributed by atoms with Crippen molar-refractivity contribution >= 4 is 41.5 Å². The molecule has 3 heteroatoms. The lowest BCUT2D eigenvalue weighted by Crippen LogP contribution is -1.61. The highest BCUT2D eigenvalue weighted by molar-refractivity contribution is 7.93. The third-order valence-electron chi connectivity index (χ3n) is 1.12. The zero-order valence-corrected chi connectivity index (χ0v) is 8.14. The fraction of sp³-hybridized carbons (Fsp3) is 0.143. The van der Waals surface area contributed by atoms with E-state index in [2.05, 4.69) is 44.3 Å². The Labute approximate surface area is 75.8 Å². The first kappa shape index (κ1) is 8.24. The molecule has 0 aliphatic heterocycles. The van der Waals surface area contributed by atoms with Crippen LogP contribution in [0.4, 0.5) is 0 Å². The molecule has 0 saturated carbocycles. The fourth-order valence-corrected chi connectivity index (χ4v) is 1.86. The SMILES string of the molecule is Cc1ccc(/C(S)=C\S)s1. The van der Waals surface area contributed by atoms with Crippen LogP contribution < -0.4 is 0 Å². The minimum absolute atomic E-state index is 0.932. The van der Waals surface area contributed by atoms with Gasteiger partial charge in [0.2, 0.25) is 0 Å². The van der Waals surface area contributed by atoms with Crippen LogP contribution in [0.2, 0.25) is 0 Å². The molecule has 10 heavy (non-hydrogen) atoms. The number of aryl methyl sites for hydroxylation is 1. The first-order valence-electron chi connectivity index (χ1n) is 2.84. The Kier molecular flexibility index (Phi) is 2.89. The zero-order valence-electron chi connectivity index (χ0n) is 5.53. The van der Waals surface area contributed by atoms with Gasteiger partial charge in [-0.1, -0.05) is 0 Å². The van der Waals surface area contributed by atoms with Crippen LogP contribution in [0.3, 0.4) is 0 Å². The third-order valence-corrected chi connectivity index (χ3v) is 3.13. The molecular weight excluding hydrogens is 180 g/mol. The van der Waals surface area contributed by atoms with Gasteiger partial charge in [-0.3, -0.25) is 0 Å². The lowest BCUT2D eigenvalue weighted by molar-refractivity contribution is 1.64. The van der Waals surface area contributed by atoms with E-state index in [1.54, 1.807) is 16.7 Å². The van der Waals surface area contributed by atoms with E-state index in [9.17, 15) is 0 Å². The molecule has 0 fully saturated rings. The van der Waals surface area contributed by atoms with Crippen LogP contribution >= 0.6 is 36.6 Å². The normalized spacial score (nSPS) is 12.1. The average Bonchev–Trinajstić information content (AvgIpc) is 2.34. The van der Waals surface area contributed by atoms with Crippen molar-refractivity contribution in [1.82, 2.24) is 0 Å². The van der Waals surface area contributed by atoms with Crippen LogP contribution in [0.25, 0.3) is 4.91 Å². The maximum atomic E-state index is 4.23. The molecule has 0 aliphatic rings. The molecule has 0 unspecified atom stereocenters. The van der Waals surface area contributed by atoms with Gasteiger partial charge in [0.25, 0.3) is 0 Å². The van der Waals surface area contributed by atoms with Gasteiger partial charge in [0.15, 0.2) is 0 Å². The highest BCUT2D eigenvalue weighted by Crippen LogP contribution is 2.26. The van der Waals surface area contributed by atoms with Gasteiger partial charge in [-0.25, -0.2) is 0 Å². The number of hydrogen-bond donors (Lipinski definition) is 2. The van der Waals surface area contributed by atoms with E-state index in [0.717, 1.165) is 4.91 Å². The Bertz CT molecular complexity index is 247. The standard InChI is InChI=1S/C7H8S3/c1-5-2-3-7(10-5)6(9)4-8/h2-4,8-9H,1H3/b6-4+. The number of rotatable bonds is 1. The smallest absolute Gasteiger partial charge is 0.0411 e. The molecule has 0 amide bonds. The highest BCUT2D eigenvalue weighted by atomic mass is 32.1. The summed E-state index contributed by atoms with van der Waals surface area (Å²) in [5.74, 6) is 0. The van der Waals surface area contributed by atoms with Crippen molar-refractivity contribution in [1.29, 1.82) is 0 Å². The van der Waals surface area contributed by atoms with E-state index >= 15 is 0 Å². The van der Waals surface area contributed by atoms with E-state index in [1.807, 2.05) is 0 Å². The van der Waals surface area contributed by atoms with Crippen LogP contribution in [0, 0.1) is 6.92 Å². The molecule has 1 aromatic heterocycles. The topological polar surface area (TPSA) is 0 Å². The summed E-state index contributed by atoms with van der Waals surface area (Å²) < 4.78 is 0. The predicted octanol–water partition coefficient (Wildman–Crippen LogP) is 3.21. The minimum atomic E-state index is 0.932. The van der Waals surface area contributed by atoms with Crippen LogP contribution in [0.1, 0.15) is 9.75 Å². The maximum absolute atomic E-state index is 4.23. The fourth-order valence-electron chi connectivity index (χ4n) is 0.636. The van der Waals surface area contributed by atoms with Crippen molar-refractivity contribution in [2.75, 3.05) is 0 Å². The van der Waals surface area contributed by atoms with Gasteiger partial charge in [-0.05, 0) is 24.5 Å². The van der Waals surface area contributed by atoms with E-state index < -0.39 is 0 Å². The lowest BCUT2D eigenvalue weighted by atomic mass is 10.4. The molecule has 0 spiro atoms. The summed E-state index contributed by atoms with van der Waals surface area (Å²) in [6.07, 6.45) is 0. The first-order valence-corrected chi connectivity index (χ1v) is 4.62. The van der Waals surface area contributed by atoms with Crippen molar-refractivity contribution in [3.63, 3.8) is 0 Å². The Morgan fingerprint density at radius 1 is 1.60 bits per heavy atom. The number of thiol groups is 2. The van der Waals surface area contributed by atoms with Crippen LogP contribution in [-0.4, -0.2) is 0 Å². The monoisotopic (exact) mass is 188 g/mol. The zero-order chi connectivity index (χ0) is 7.56. The Morgan fingerprint density at radius 2 is 2.30 bits per heavy atom. The summed E-state index contributed by atoms with van der Waals surface area (Å²) in [4.78, 5) is 3.41. The van der Waals surface area contributed by atoms with Crippen molar-refractivity contribution in [3.8, 4) is 0 Å². The number of hydrogen-bond acceptors (Lipinski definition) is 3. The highest BCUT2D eigenvalue weighted by Gasteiger charge is 1.96. The van der Waals surface area contributed by atoms with Crippen molar-refractivity contribution < 1.29 is 0 Å². The van der Waals surface area contributed by atoms with Crippen LogP contribution in [0.15, 0.2) is 17.5 Å². The van der Waals surface area contributed by atoms with Gasteiger partial charge in [0, 0.05) is 14.7 Å². The largest absolute Gasteiger partial charge is 0.150 e. The summed E-state index contributed by atoms with van der Waals surface area (Å²) in [7, 11) is 0. The van der Waals surface area contributed by atoms with Crippen molar-refractivity contribution in [2.45, 2.75) is 6.92 Å². The minimum Gasteiger partial charge on any atom is -0.150 e. The van der Waals surface area contributed by atoms with E-state index in [4.69, 9.17) is 0 Å². The molecule has 0 N–H and O–H groups in total. The second kappa shape index (κ2) is 3.51. The maximum Gasteiger partial charge on any atom is 0.0411 e. The van der Waals surface area contributed by atoms with Gasteiger partial charge >= 0.3 is 0 Å². The summed E-state index contributed by atoms with van der Waals surface area (Å²) >= 11 is 9.96. The van der Waals surface area contributed by atoms with Gasteiger partial charge in [-0.2, -0.15) is 12.6 Å². The second-order valence-corrected chi connectivity index (χ2v) is 3.95. The average molecular weight is 188 g/mol. The quantitative estimate of drug-likeness (QED) is 0.621. The predicted molar refractivity (Wildman–Crippen MR) is 55.0 cm³/mol. The van der Waals surface area contributed by atoms with Gasteiger partial charge in [-0.15, -0.1) is 24.0 Å². The molecule has 0 aromatic carbocycles. The van der Waals surface area contributed by atoms with Crippen molar-refractivity contribution in [2.24, 2.45) is 0 Å². The van der Waals surface area contributed by atoms with E-state index in [0.29, 0.717) is 0 Å². The lowest BCUT2D eigenvalue weighted by Gasteiger charge is -1.89. The molecule has 1 rings (SSSR count). The summed E-state index contributed by atoms with van der Waals surface area (Å²) in [6, 6.07) is 4.13. The molecule has 0 aliphatic carbocycles. The summed E-state index contributed by atoms with van der Waals surface area (Å²) in [5, 5.41) is 1.70. The summed E-state index contributed by atoms with van der Waals surface area (Å²) in [5.41, 5.74) is 0. The third kappa shape index (κ3) is 1.81. The van der Waals surface area contributed by atoms with E-state index in [1.165, 1.54) is 9.75 Å². The Hall–Kier alpha value is 0.140. The molecule has 0 saturated heterocycles. The molecule has 54 valence electrons. The second-order valence-electron chi connectivity index (χ2n) is 1.92. The number of thiophene rings is 1. The molecule has 0 bridgehead atoms. The van der Waals surface area contributed by atoms with Crippen molar-refractivity contribution in [3.05, 3.63) is 27.3 Å². The van der Waals surface area contributed by atoms with Gasteiger partial charge in [0.1, 0.15) is 0 Å². The first-order chi connectivity index (χ1) is 4.74. The van der Waals surface area contributed by atoms with Crippen LogP contribution in [0.5, 0.6) is 0 Å². The Balaban J connectivity index is 2.95.